The Morgan fingerprint density at radius 2 is 0.786 bits per heavy atom. The van der Waals surface area contributed by atoms with Crippen molar-refractivity contribution in [2.24, 2.45) is 0 Å². The van der Waals surface area contributed by atoms with Crippen molar-refractivity contribution in [1.82, 2.24) is 24.1 Å². The van der Waals surface area contributed by atoms with Crippen molar-refractivity contribution in [2.45, 2.75) is 0 Å². The molecule has 0 spiro atoms. The van der Waals surface area contributed by atoms with Crippen LogP contribution in [0.3, 0.4) is 0 Å². The van der Waals surface area contributed by atoms with Crippen molar-refractivity contribution < 1.29 is 0 Å². The fourth-order valence-corrected chi connectivity index (χ4v) is 8.19. The van der Waals surface area contributed by atoms with Gasteiger partial charge in [-0.15, -0.1) is 0 Å². The Balaban J connectivity index is 1.25. The van der Waals surface area contributed by atoms with E-state index in [0.717, 1.165) is 66.2 Å². The Morgan fingerprint density at radius 1 is 0.286 bits per heavy atom. The van der Waals surface area contributed by atoms with Crippen LogP contribution in [-0.4, -0.2) is 24.1 Å². The normalized spacial score (nSPS) is 11.6. The maximum Gasteiger partial charge on any atom is 0.238 e. The van der Waals surface area contributed by atoms with Gasteiger partial charge in [-0.2, -0.15) is 9.97 Å². The van der Waals surface area contributed by atoms with Gasteiger partial charge in [0.15, 0.2) is 11.6 Å². The molecule has 5 heteroatoms. The molecule has 56 heavy (non-hydrogen) atoms. The molecule has 11 aromatic rings. The summed E-state index contributed by atoms with van der Waals surface area (Å²) in [5.74, 6) is 1.79. The Kier molecular flexibility index (Phi) is 7.42. The average molecular weight is 716 g/mol. The zero-order chi connectivity index (χ0) is 37.0. The van der Waals surface area contributed by atoms with Gasteiger partial charge in [0.1, 0.15) is 0 Å². The van der Waals surface area contributed by atoms with Crippen molar-refractivity contribution in [3.63, 3.8) is 0 Å². The van der Waals surface area contributed by atoms with Crippen molar-refractivity contribution in [2.75, 3.05) is 0 Å². The van der Waals surface area contributed by atoms with E-state index in [4.69, 9.17) is 15.0 Å². The molecule has 3 aromatic heterocycles. The summed E-state index contributed by atoms with van der Waals surface area (Å²) >= 11 is 0. The zero-order valence-corrected chi connectivity index (χ0v) is 30.3. The fourth-order valence-electron chi connectivity index (χ4n) is 8.19. The summed E-state index contributed by atoms with van der Waals surface area (Å²) in [6.45, 7) is 0. The highest BCUT2D eigenvalue weighted by Gasteiger charge is 2.24. The molecule has 0 saturated carbocycles. The second-order valence-corrected chi connectivity index (χ2v) is 14.1. The second-order valence-electron chi connectivity index (χ2n) is 14.1. The topological polar surface area (TPSA) is 48.5 Å². The molecule has 8 aromatic carbocycles. The monoisotopic (exact) mass is 715 g/mol. The number of para-hydroxylation sites is 2. The van der Waals surface area contributed by atoms with Crippen molar-refractivity contribution >= 4 is 43.6 Å². The van der Waals surface area contributed by atoms with Crippen LogP contribution in [0.15, 0.2) is 200 Å². The highest BCUT2D eigenvalue weighted by atomic mass is 15.2. The lowest BCUT2D eigenvalue weighted by Crippen LogP contribution is -2.07. The first kappa shape index (κ1) is 31.9. The lowest BCUT2D eigenvalue weighted by Gasteiger charge is -2.13. The van der Waals surface area contributed by atoms with Crippen LogP contribution in [0.1, 0.15) is 0 Å². The van der Waals surface area contributed by atoms with Crippen LogP contribution in [0.5, 0.6) is 0 Å². The Morgan fingerprint density at radius 3 is 1.48 bits per heavy atom. The lowest BCUT2D eigenvalue weighted by atomic mass is 10.0. The predicted octanol–water partition coefficient (Wildman–Crippen LogP) is 12.7. The van der Waals surface area contributed by atoms with Gasteiger partial charge >= 0.3 is 0 Å². The van der Waals surface area contributed by atoms with Gasteiger partial charge in [0.2, 0.25) is 5.95 Å². The fraction of sp³-hybridized carbons (Fsp3) is 0. The van der Waals surface area contributed by atoms with Crippen LogP contribution in [0.2, 0.25) is 0 Å². The predicted molar refractivity (Wildman–Crippen MR) is 230 cm³/mol. The Labute approximate surface area is 323 Å². The van der Waals surface area contributed by atoms with Crippen molar-refractivity contribution in [3.8, 4) is 56.7 Å². The second kappa shape index (κ2) is 13.0. The van der Waals surface area contributed by atoms with Gasteiger partial charge in [0.05, 0.1) is 22.1 Å². The molecular formula is C51H33N5. The van der Waals surface area contributed by atoms with Crippen LogP contribution in [-0.2, 0) is 0 Å². The molecule has 0 aliphatic carbocycles. The molecule has 0 amide bonds. The van der Waals surface area contributed by atoms with Gasteiger partial charge < -0.3 is 4.57 Å². The maximum atomic E-state index is 5.36. The van der Waals surface area contributed by atoms with Crippen LogP contribution in [0.25, 0.3) is 100 Å². The van der Waals surface area contributed by atoms with Crippen LogP contribution in [0.4, 0.5) is 0 Å². The molecule has 262 valence electrons. The van der Waals surface area contributed by atoms with Gasteiger partial charge in [-0.1, -0.05) is 164 Å². The SMILES string of the molecule is c1ccc(-c2cccc(-c3nc(-c4ccccc4)nc(-n4c5ccccc5c5ccc6c7cc(-c8ccccc8)ccc7n(-c7ccccc7)c6c54)n3)c2)cc1. The summed E-state index contributed by atoms with van der Waals surface area (Å²) in [6, 6.07) is 70.3. The molecule has 0 radical (unpaired) electrons. The van der Waals surface area contributed by atoms with E-state index in [2.05, 4.69) is 185 Å². The van der Waals surface area contributed by atoms with E-state index in [0.29, 0.717) is 17.6 Å². The molecule has 0 aliphatic rings. The third-order valence-electron chi connectivity index (χ3n) is 10.8. The van der Waals surface area contributed by atoms with Crippen LogP contribution in [0, 0.1) is 0 Å². The first-order chi connectivity index (χ1) is 27.8. The minimum absolute atomic E-state index is 0.563. The first-order valence-corrected chi connectivity index (χ1v) is 18.9. The van der Waals surface area contributed by atoms with Gasteiger partial charge in [0.25, 0.3) is 0 Å². The molecular weight excluding hydrogens is 683 g/mol. The number of rotatable bonds is 6. The molecule has 0 saturated heterocycles. The Hall–Kier alpha value is -7.63. The summed E-state index contributed by atoms with van der Waals surface area (Å²) in [6.07, 6.45) is 0. The average Bonchev–Trinajstić information content (AvgIpc) is 3.80. The molecule has 0 atom stereocenters. The van der Waals surface area contributed by atoms with Crippen molar-refractivity contribution in [1.29, 1.82) is 0 Å². The summed E-state index contributed by atoms with van der Waals surface area (Å²) in [4.78, 5) is 15.8. The number of fused-ring (bicyclic) bond motifs is 7. The molecule has 0 fully saturated rings. The summed E-state index contributed by atoms with van der Waals surface area (Å²) < 4.78 is 4.66. The van der Waals surface area contributed by atoms with E-state index in [-0.39, 0.29) is 0 Å². The molecule has 0 bridgehead atoms. The minimum Gasteiger partial charge on any atom is -0.307 e. The number of nitrogens with zero attached hydrogens (tertiary/aromatic N) is 5. The number of benzene rings is 8. The van der Waals surface area contributed by atoms with Gasteiger partial charge in [-0.05, 0) is 58.7 Å². The van der Waals surface area contributed by atoms with Crippen LogP contribution < -0.4 is 0 Å². The van der Waals surface area contributed by atoms with Gasteiger partial charge in [-0.25, -0.2) is 4.98 Å². The molecule has 0 unspecified atom stereocenters. The minimum atomic E-state index is 0.563. The quantitative estimate of drug-likeness (QED) is 0.172. The number of hydrogen-bond acceptors (Lipinski definition) is 3. The highest BCUT2D eigenvalue weighted by molar-refractivity contribution is 6.24. The third kappa shape index (κ3) is 5.21. The molecule has 0 N–H and O–H groups in total. The summed E-state index contributed by atoms with van der Waals surface area (Å²) in [7, 11) is 0. The van der Waals surface area contributed by atoms with E-state index < -0.39 is 0 Å². The maximum absolute atomic E-state index is 5.36. The Bertz CT molecular complexity index is 3220. The summed E-state index contributed by atoms with van der Waals surface area (Å²) in [5.41, 5.74) is 11.8. The molecule has 11 rings (SSSR count). The highest BCUT2D eigenvalue weighted by Crippen LogP contribution is 2.42. The lowest BCUT2D eigenvalue weighted by molar-refractivity contribution is 0.953. The van der Waals surface area contributed by atoms with Gasteiger partial charge in [-0.3, -0.25) is 4.57 Å². The summed E-state index contributed by atoms with van der Waals surface area (Å²) in [5, 5.41) is 4.61. The van der Waals surface area contributed by atoms with Crippen molar-refractivity contribution in [3.05, 3.63) is 200 Å². The van der Waals surface area contributed by atoms with E-state index in [1.807, 2.05) is 24.3 Å². The third-order valence-corrected chi connectivity index (χ3v) is 10.8. The largest absolute Gasteiger partial charge is 0.307 e. The van der Waals surface area contributed by atoms with E-state index in [1.54, 1.807) is 0 Å². The first-order valence-electron chi connectivity index (χ1n) is 18.9. The standard InChI is InChI=1S/C51H33N5/c1-5-16-34(17-6-1)37-22-15-23-39(32-37)50-52-49(36-20-9-3-10-21-36)53-51(54-50)56-45-27-14-13-26-41(45)42-29-30-43-44-33-38(35-18-7-2-8-19-35)28-31-46(44)55(47(43)48(42)56)40-24-11-4-12-25-40/h1-33H. The van der Waals surface area contributed by atoms with E-state index >= 15 is 0 Å². The number of aromatic nitrogens is 5. The molecule has 0 aliphatic heterocycles. The van der Waals surface area contributed by atoms with E-state index in [9.17, 15) is 0 Å². The van der Waals surface area contributed by atoms with Crippen LogP contribution >= 0.6 is 0 Å². The van der Waals surface area contributed by atoms with Gasteiger partial charge in [0, 0.05) is 38.4 Å². The number of hydrogen-bond donors (Lipinski definition) is 0. The molecule has 5 nitrogen and oxygen atoms in total. The zero-order valence-electron chi connectivity index (χ0n) is 30.3. The molecule has 3 heterocycles. The van der Waals surface area contributed by atoms with E-state index in [1.165, 1.54) is 16.5 Å². The smallest absolute Gasteiger partial charge is 0.238 e.